The Bertz CT molecular complexity index is 1200. The van der Waals surface area contributed by atoms with E-state index in [0.717, 1.165) is 33.0 Å². The molecule has 1 fully saturated rings. The molecule has 0 aliphatic carbocycles. The molecule has 8 nitrogen and oxygen atoms in total. The predicted molar refractivity (Wildman–Crippen MR) is 128 cm³/mol. The quantitative estimate of drug-likeness (QED) is 0.354. The van der Waals surface area contributed by atoms with E-state index in [9.17, 15) is 14.9 Å². The minimum Gasteiger partial charge on any atom is -0.497 e. The Balaban J connectivity index is 1.51. The Morgan fingerprint density at radius 3 is 2.81 bits per heavy atom. The summed E-state index contributed by atoms with van der Waals surface area (Å²) in [5.74, 6) is 1.19. The highest BCUT2D eigenvalue weighted by Crippen LogP contribution is 2.33. The van der Waals surface area contributed by atoms with Crippen molar-refractivity contribution in [2.75, 3.05) is 24.7 Å². The number of amides is 1. The fourth-order valence-corrected chi connectivity index (χ4v) is 4.92. The molecule has 1 N–H and O–H groups in total. The highest BCUT2D eigenvalue weighted by Gasteiger charge is 2.27. The maximum atomic E-state index is 13.0. The Morgan fingerprint density at radius 1 is 1.31 bits per heavy atom. The van der Waals surface area contributed by atoms with Crippen LogP contribution in [0.3, 0.4) is 0 Å². The zero-order valence-corrected chi connectivity index (χ0v) is 19.2. The third kappa shape index (κ3) is 4.87. The van der Waals surface area contributed by atoms with Gasteiger partial charge in [-0.25, -0.2) is 4.98 Å². The van der Waals surface area contributed by atoms with Crippen LogP contribution in [0.2, 0.25) is 5.02 Å². The Hall–Kier alpha value is -3.08. The molecular formula is C21H17ClN4O4S2. The molecule has 0 bridgehead atoms. The van der Waals surface area contributed by atoms with Gasteiger partial charge in [-0.05, 0) is 42.5 Å². The molecule has 1 amide bonds. The molecule has 1 aliphatic heterocycles. The Kier molecular flexibility index (Phi) is 6.63. The molecule has 2 heterocycles. The number of rotatable bonds is 6. The van der Waals surface area contributed by atoms with Crippen molar-refractivity contribution in [3.8, 4) is 5.75 Å². The summed E-state index contributed by atoms with van der Waals surface area (Å²) in [6, 6.07) is 11.6. The fraction of sp³-hybridized carbons (Fsp3) is 0.143. The minimum absolute atomic E-state index is 0.00234. The zero-order chi connectivity index (χ0) is 22.7. The van der Waals surface area contributed by atoms with E-state index in [2.05, 4.69) is 10.3 Å². The first-order chi connectivity index (χ1) is 15.4. The molecule has 0 radical (unpaired) electrons. The summed E-state index contributed by atoms with van der Waals surface area (Å²) in [5, 5.41) is 17.7. The van der Waals surface area contributed by atoms with E-state index in [1.54, 1.807) is 12.0 Å². The number of nitrogens with one attached hydrogen (secondary N) is 1. The number of thioether (sulfide) groups is 1. The molecule has 1 saturated heterocycles. The number of methoxy groups -OCH3 is 1. The molecule has 0 atom stereocenters. The van der Waals surface area contributed by atoms with Crippen molar-refractivity contribution >= 4 is 63.2 Å². The SMILES string of the molecule is COc1ccc(Nc2nc(/C=C3/SCCN3C(=O)c3ccc(Cl)c([N+](=O)[O-])c3)cs2)cc1. The number of halogens is 1. The normalized spacial score (nSPS) is 14.6. The Morgan fingerprint density at radius 2 is 2.09 bits per heavy atom. The lowest BCUT2D eigenvalue weighted by atomic mass is 10.1. The maximum Gasteiger partial charge on any atom is 0.288 e. The number of hydrogen-bond acceptors (Lipinski definition) is 8. The first-order valence-electron chi connectivity index (χ1n) is 9.41. The second-order valence-electron chi connectivity index (χ2n) is 6.64. The number of hydrogen-bond donors (Lipinski definition) is 1. The van der Waals surface area contributed by atoms with Crippen molar-refractivity contribution in [1.29, 1.82) is 0 Å². The number of thiazole rings is 1. The average Bonchev–Trinajstić information content (AvgIpc) is 3.43. The summed E-state index contributed by atoms with van der Waals surface area (Å²) in [4.78, 5) is 29.7. The van der Waals surface area contributed by atoms with Crippen LogP contribution >= 0.6 is 34.7 Å². The average molecular weight is 489 g/mol. The number of anilines is 2. The van der Waals surface area contributed by atoms with Crippen molar-refractivity contribution < 1.29 is 14.5 Å². The van der Waals surface area contributed by atoms with Gasteiger partial charge in [0.2, 0.25) is 0 Å². The second-order valence-corrected chi connectivity index (χ2v) is 9.02. The summed E-state index contributed by atoms with van der Waals surface area (Å²) < 4.78 is 5.16. The number of carbonyl (C=O) groups excluding carboxylic acids is 1. The van der Waals surface area contributed by atoms with Crippen molar-refractivity contribution in [3.63, 3.8) is 0 Å². The van der Waals surface area contributed by atoms with Crippen LogP contribution in [0.5, 0.6) is 5.75 Å². The van der Waals surface area contributed by atoms with E-state index in [1.807, 2.05) is 35.7 Å². The van der Waals surface area contributed by atoms with Crippen LogP contribution in [0, 0.1) is 10.1 Å². The molecule has 1 aliphatic rings. The van der Waals surface area contributed by atoms with Gasteiger partial charge < -0.3 is 15.0 Å². The van der Waals surface area contributed by atoms with Crippen LogP contribution in [0.4, 0.5) is 16.5 Å². The number of ether oxygens (including phenoxy) is 1. The van der Waals surface area contributed by atoms with Crippen molar-refractivity contribution in [2.45, 2.75) is 0 Å². The van der Waals surface area contributed by atoms with Crippen LogP contribution < -0.4 is 10.1 Å². The zero-order valence-electron chi connectivity index (χ0n) is 16.8. The third-order valence-corrected chi connectivity index (χ3v) is 6.72. The van der Waals surface area contributed by atoms with Gasteiger partial charge in [-0.1, -0.05) is 11.6 Å². The first kappa shape index (κ1) is 22.1. The van der Waals surface area contributed by atoms with Gasteiger partial charge in [0.25, 0.3) is 11.6 Å². The molecule has 32 heavy (non-hydrogen) atoms. The number of carbonyl (C=O) groups is 1. The third-order valence-electron chi connectivity index (χ3n) is 4.60. The lowest BCUT2D eigenvalue weighted by molar-refractivity contribution is -0.384. The molecule has 3 aromatic rings. The number of aromatic nitrogens is 1. The smallest absolute Gasteiger partial charge is 0.288 e. The van der Waals surface area contributed by atoms with E-state index in [4.69, 9.17) is 16.3 Å². The highest BCUT2D eigenvalue weighted by atomic mass is 35.5. The van der Waals surface area contributed by atoms with Crippen molar-refractivity contribution in [2.24, 2.45) is 0 Å². The molecule has 0 unspecified atom stereocenters. The number of nitrogens with zero attached hydrogens (tertiary/aromatic N) is 3. The van der Waals surface area contributed by atoms with Gasteiger partial charge in [0, 0.05) is 35.0 Å². The maximum absolute atomic E-state index is 13.0. The van der Waals surface area contributed by atoms with Gasteiger partial charge in [0.15, 0.2) is 5.13 Å². The molecule has 4 rings (SSSR count). The van der Waals surface area contributed by atoms with Crippen LogP contribution in [0.25, 0.3) is 6.08 Å². The molecule has 11 heteroatoms. The fourth-order valence-electron chi connectivity index (χ4n) is 3.03. The van der Waals surface area contributed by atoms with Crippen LogP contribution in [0.15, 0.2) is 52.9 Å². The van der Waals surface area contributed by atoms with E-state index in [-0.39, 0.29) is 22.2 Å². The molecule has 1 aromatic heterocycles. The van der Waals surface area contributed by atoms with E-state index in [1.165, 1.54) is 41.3 Å². The topological polar surface area (TPSA) is 97.6 Å². The van der Waals surface area contributed by atoms with Crippen LogP contribution in [-0.4, -0.2) is 40.1 Å². The number of nitro benzene ring substituents is 1. The molecule has 0 saturated carbocycles. The lowest BCUT2D eigenvalue weighted by Gasteiger charge is -2.16. The standard InChI is InChI=1S/C21H17ClN4O4S2/c1-30-16-5-3-14(4-6-16)23-21-24-15(12-32-21)11-19-25(8-9-31-19)20(27)13-2-7-17(22)18(10-13)26(28)29/h2-7,10-12H,8-9H2,1H3,(H,23,24)/b19-11+. The van der Waals surface area contributed by atoms with Gasteiger partial charge in [-0.15, -0.1) is 23.1 Å². The summed E-state index contributed by atoms with van der Waals surface area (Å²) >= 11 is 8.85. The van der Waals surface area contributed by atoms with Crippen molar-refractivity contribution in [3.05, 3.63) is 79.3 Å². The van der Waals surface area contributed by atoms with Gasteiger partial charge >= 0.3 is 0 Å². The number of nitro groups is 1. The summed E-state index contributed by atoms with van der Waals surface area (Å²) in [7, 11) is 1.62. The van der Waals surface area contributed by atoms with Gasteiger partial charge in [-0.2, -0.15) is 0 Å². The van der Waals surface area contributed by atoms with E-state index in [0.29, 0.717) is 6.54 Å². The van der Waals surface area contributed by atoms with Gasteiger partial charge in [0.05, 0.1) is 22.8 Å². The minimum atomic E-state index is -0.596. The van der Waals surface area contributed by atoms with E-state index < -0.39 is 4.92 Å². The summed E-state index contributed by atoms with van der Waals surface area (Å²) in [6.45, 7) is 0.507. The first-order valence-corrected chi connectivity index (χ1v) is 11.7. The monoisotopic (exact) mass is 488 g/mol. The van der Waals surface area contributed by atoms with Crippen LogP contribution in [0.1, 0.15) is 16.1 Å². The summed E-state index contributed by atoms with van der Waals surface area (Å²) in [5.41, 5.74) is 1.53. The number of benzene rings is 2. The molecular weight excluding hydrogens is 472 g/mol. The van der Waals surface area contributed by atoms with Gasteiger partial charge in [0.1, 0.15) is 10.8 Å². The lowest BCUT2D eigenvalue weighted by Crippen LogP contribution is -2.26. The van der Waals surface area contributed by atoms with E-state index >= 15 is 0 Å². The second kappa shape index (κ2) is 9.60. The summed E-state index contributed by atoms with van der Waals surface area (Å²) in [6.07, 6.45) is 1.84. The van der Waals surface area contributed by atoms with Crippen molar-refractivity contribution in [1.82, 2.24) is 9.88 Å². The van der Waals surface area contributed by atoms with Gasteiger partial charge in [-0.3, -0.25) is 14.9 Å². The Labute approximate surface area is 197 Å². The molecule has 2 aromatic carbocycles. The largest absolute Gasteiger partial charge is 0.497 e. The molecule has 0 spiro atoms. The predicted octanol–water partition coefficient (Wildman–Crippen LogP) is 5.64. The molecule has 164 valence electrons. The van der Waals surface area contributed by atoms with Crippen LogP contribution in [-0.2, 0) is 0 Å². The highest BCUT2D eigenvalue weighted by molar-refractivity contribution is 8.03.